The Kier molecular flexibility index (Phi) is 5.70. The van der Waals surface area contributed by atoms with Crippen LogP contribution >= 0.6 is 0 Å². The molecule has 0 aliphatic rings. The molecule has 0 saturated carbocycles. The van der Waals surface area contributed by atoms with Crippen molar-refractivity contribution in [2.75, 3.05) is 14.2 Å². The Hall–Kier alpha value is -0.630. The van der Waals surface area contributed by atoms with Crippen LogP contribution in [0.15, 0.2) is 0 Å². The van der Waals surface area contributed by atoms with Crippen molar-refractivity contribution in [1.82, 2.24) is 5.32 Å². The van der Waals surface area contributed by atoms with Crippen LogP contribution in [0.4, 0.5) is 0 Å². The number of methoxy groups -OCH3 is 2. The lowest BCUT2D eigenvalue weighted by molar-refractivity contribution is -0.138. The first-order chi connectivity index (χ1) is 6.53. The first-order valence-electron chi connectivity index (χ1n) is 4.78. The molecule has 0 spiro atoms. The quantitative estimate of drug-likeness (QED) is 0.656. The topological polar surface area (TPSA) is 54.3 Å². The Balaban J connectivity index is 4.54. The Morgan fingerprint density at radius 3 is 2.21 bits per heavy atom. The van der Waals surface area contributed by atoms with E-state index in [1.807, 2.05) is 6.92 Å². The molecule has 82 valence electrons. The number of nitrogens with one attached hydrogen (secondary N) is 1. The Bertz CT molecular complexity index is 199. The molecular weight excluding hydrogens is 180 g/mol. The molecule has 2 unspecified atom stereocenters. The maximum absolute atomic E-state index is 9.09. The summed E-state index contributed by atoms with van der Waals surface area (Å²) in [5.74, 6) is 0. The van der Waals surface area contributed by atoms with Gasteiger partial charge in [-0.1, -0.05) is 6.92 Å². The Morgan fingerprint density at radius 2 is 1.93 bits per heavy atom. The summed E-state index contributed by atoms with van der Waals surface area (Å²) in [6, 6.07) is 2.44. The Morgan fingerprint density at radius 1 is 1.43 bits per heavy atom. The van der Waals surface area contributed by atoms with E-state index in [1.165, 1.54) is 14.2 Å². The van der Waals surface area contributed by atoms with Gasteiger partial charge in [0.05, 0.1) is 6.07 Å². The largest absolute Gasteiger partial charge is 0.353 e. The molecule has 0 aliphatic heterocycles. The molecule has 0 radical (unpaired) electrons. The molecule has 0 rings (SSSR count). The van der Waals surface area contributed by atoms with Gasteiger partial charge < -0.3 is 9.47 Å². The third-order valence-electron chi connectivity index (χ3n) is 2.29. The number of rotatable bonds is 6. The summed E-state index contributed by atoms with van der Waals surface area (Å²) < 4.78 is 10.2. The van der Waals surface area contributed by atoms with E-state index in [9.17, 15) is 0 Å². The van der Waals surface area contributed by atoms with Crippen LogP contribution in [-0.2, 0) is 9.47 Å². The molecule has 0 saturated heterocycles. The molecule has 0 aromatic rings. The minimum atomic E-state index is -0.807. The second-order valence-corrected chi connectivity index (χ2v) is 3.57. The lowest BCUT2D eigenvalue weighted by atomic mass is 10.0. The molecule has 4 nitrogen and oxygen atoms in total. The average molecular weight is 200 g/mol. The fraction of sp³-hybridized carbons (Fsp3) is 0.900. The van der Waals surface area contributed by atoms with Crippen molar-refractivity contribution in [3.05, 3.63) is 0 Å². The fourth-order valence-corrected chi connectivity index (χ4v) is 1.33. The summed E-state index contributed by atoms with van der Waals surface area (Å²) in [5.41, 5.74) is -0.807. The standard InChI is InChI=1S/C10H20N2O2/c1-6-8(2)12-10(3,7-11)9(13-4)14-5/h8-9,12H,6H2,1-5H3. The zero-order valence-corrected chi connectivity index (χ0v) is 9.63. The van der Waals surface area contributed by atoms with Crippen LogP contribution in [0.3, 0.4) is 0 Å². The molecule has 0 aliphatic carbocycles. The number of nitrogens with zero attached hydrogens (tertiary/aromatic N) is 1. The molecule has 0 amide bonds. The third-order valence-corrected chi connectivity index (χ3v) is 2.29. The van der Waals surface area contributed by atoms with E-state index < -0.39 is 11.8 Å². The van der Waals surface area contributed by atoms with Gasteiger partial charge in [-0.15, -0.1) is 0 Å². The van der Waals surface area contributed by atoms with Crippen LogP contribution in [0.5, 0.6) is 0 Å². The van der Waals surface area contributed by atoms with Crippen molar-refractivity contribution in [2.24, 2.45) is 0 Å². The summed E-state index contributed by atoms with van der Waals surface area (Å²) >= 11 is 0. The van der Waals surface area contributed by atoms with Crippen molar-refractivity contribution in [2.45, 2.75) is 45.1 Å². The molecule has 2 atom stereocenters. The van der Waals surface area contributed by atoms with E-state index in [-0.39, 0.29) is 6.04 Å². The Labute approximate surface area is 86.2 Å². The SMILES string of the molecule is CCC(C)NC(C)(C#N)C(OC)OC. The summed E-state index contributed by atoms with van der Waals surface area (Å²) in [5, 5.41) is 12.3. The van der Waals surface area contributed by atoms with Crippen LogP contribution in [-0.4, -0.2) is 32.1 Å². The zero-order chi connectivity index (χ0) is 11.2. The summed E-state index contributed by atoms with van der Waals surface area (Å²) in [7, 11) is 3.06. The fourth-order valence-electron chi connectivity index (χ4n) is 1.33. The summed E-state index contributed by atoms with van der Waals surface area (Å²) in [6.45, 7) is 5.86. The molecule has 4 heteroatoms. The summed E-state index contributed by atoms with van der Waals surface area (Å²) in [6.07, 6.45) is 0.402. The second kappa shape index (κ2) is 5.97. The smallest absolute Gasteiger partial charge is 0.188 e. The van der Waals surface area contributed by atoms with Gasteiger partial charge in [-0.25, -0.2) is 0 Å². The van der Waals surface area contributed by atoms with E-state index in [2.05, 4.69) is 18.3 Å². The van der Waals surface area contributed by atoms with Gasteiger partial charge in [0.2, 0.25) is 0 Å². The van der Waals surface area contributed by atoms with Gasteiger partial charge in [0.1, 0.15) is 0 Å². The monoisotopic (exact) mass is 200 g/mol. The van der Waals surface area contributed by atoms with Gasteiger partial charge in [0.25, 0.3) is 0 Å². The maximum atomic E-state index is 9.09. The van der Waals surface area contributed by atoms with Crippen molar-refractivity contribution < 1.29 is 9.47 Å². The molecule has 0 aromatic carbocycles. The van der Waals surface area contributed by atoms with Gasteiger partial charge in [0.15, 0.2) is 11.8 Å². The van der Waals surface area contributed by atoms with Crippen LogP contribution in [0.25, 0.3) is 0 Å². The van der Waals surface area contributed by atoms with Crippen LogP contribution in [0.1, 0.15) is 27.2 Å². The minimum Gasteiger partial charge on any atom is -0.353 e. The van der Waals surface area contributed by atoms with E-state index in [0.717, 1.165) is 6.42 Å². The lowest BCUT2D eigenvalue weighted by Gasteiger charge is -2.32. The van der Waals surface area contributed by atoms with Crippen molar-refractivity contribution in [3.8, 4) is 6.07 Å². The van der Waals surface area contributed by atoms with Gasteiger partial charge in [0, 0.05) is 20.3 Å². The number of hydrogen-bond donors (Lipinski definition) is 1. The minimum absolute atomic E-state index is 0.257. The zero-order valence-electron chi connectivity index (χ0n) is 9.63. The van der Waals surface area contributed by atoms with E-state index in [0.29, 0.717) is 0 Å². The maximum Gasteiger partial charge on any atom is 0.188 e. The predicted octanol–water partition coefficient (Wildman–Crippen LogP) is 1.28. The van der Waals surface area contributed by atoms with Gasteiger partial charge in [-0.3, -0.25) is 5.32 Å². The highest BCUT2D eigenvalue weighted by atomic mass is 16.7. The van der Waals surface area contributed by atoms with Crippen LogP contribution in [0, 0.1) is 11.3 Å². The van der Waals surface area contributed by atoms with Gasteiger partial charge >= 0.3 is 0 Å². The van der Waals surface area contributed by atoms with E-state index in [4.69, 9.17) is 14.7 Å². The molecule has 0 fully saturated rings. The highest BCUT2D eigenvalue weighted by Crippen LogP contribution is 2.14. The number of nitriles is 1. The van der Waals surface area contributed by atoms with Gasteiger partial charge in [-0.05, 0) is 20.3 Å². The molecule has 0 heterocycles. The lowest BCUT2D eigenvalue weighted by Crippen LogP contribution is -2.55. The van der Waals surface area contributed by atoms with E-state index in [1.54, 1.807) is 6.92 Å². The highest BCUT2D eigenvalue weighted by molar-refractivity contribution is 5.07. The van der Waals surface area contributed by atoms with Crippen LogP contribution in [0.2, 0.25) is 0 Å². The van der Waals surface area contributed by atoms with Gasteiger partial charge in [-0.2, -0.15) is 5.26 Å². The molecule has 1 N–H and O–H groups in total. The molecule has 0 bridgehead atoms. The third kappa shape index (κ3) is 3.26. The highest BCUT2D eigenvalue weighted by Gasteiger charge is 2.35. The number of hydrogen-bond acceptors (Lipinski definition) is 4. The number of ether oxygens (including phenoxy) is 2. The summed E-state index contributed by atoms with van der Waals surface area (Å²) in [4.78, 5) is 0. The van der Waals surface area contributed by atoms with Crippen molar-refractivity contribution >= 4 is 0 Å². The molecule has 0 aromatic heterocycles. The first kappa shape index (κ1) is 13.4. The average Bonchev–Trinajstić information content (AvgIpc) is 2.19. The van der Waals surface area contributed by atoms with Crippen molar-refractivity contribution in [1.29, 1.82) is 5.26 Å². The first-order valence-corrected chi connectivity index (χ1v) is 4.78. The molecule has 14 heavy (non-hydrogen) atoms. The second-order valence-electron chi connectivity index (χ2n) is 3.57. The molecular formula is C10H20N2O2. The van der Waals surface area contributed by atoms with E-state index >= 15 is 0 Å². The van der Waals surface area contributed by atoms with Crippen LogP contribution < -0.4 is 5.32 Å². The normalized spacial score (nSPS) is 17.5. The van der Waals surface area contributed by atoms with Crippen molar-refractivity contribution in [3.63, 3.8) is 0 Å². The predicted molar refractivity (Wildman–Crippen MR) is 54.7 cm³/mol.